The molecule has 1 heterocycles. The predicted octanol–water partition coefficient (Wildman–Crippen LogP) is 2.40. The van der Waals surface area contributed by atoms with Crippen LogP contribution in [0.4, 0.5) is 0 Å². The van der Waals surface area contributed by atoms with Gasteiger partial charge in [-0.1, -0.05) is 17.7 Å². The summed E-state index contributed by atoms with van der Waals surface area (Å²) in [5, 5.41) is 4.27. The average Bonchev–Trinajstić information content (AvgIpc) is 2.33. The fourth-order valence-electron chi connectivity index (χ4n) is 2.35. The standard InChI is InChI=1S/C14H21ClN2/c1-11-9-12(2)14(15)10-13(11)3-6-17-7-4-16-5-8-17/h9-10,16H,3-8H2,1-2H3. The highest BCUT2D eigenvalue weighted by Crippen LogP contribution is 2.21. The Balaban J connectivity index is 1.96. The number of aryl methyl sites for hydroxylation is 2. The van der Waals surface area contributed by atoms with Crippen LogP contribution in [-0.4, -0.2) is 37.6 Å². The van der Waals surface area contributed by atoms with Gasteiger partial charge in [-0.05, 0) is 43.0 Å². The molecule has 2 nitrogen and oxygen atoms in total. The summed E-state index contributed by atoms with van der Waals surface area (Å²) in [6.45, 7) is 9.95. The molecule has 0 unspecified atom stereocenters. The van der Waals surface area contributed by atoms with Crippen LogP contribution in [0.1, 0.15) is 16.7 Å². The Kier molecular flexibility index (Phi) is 4.43. The monoisotopic (exact) mass is 252 g/mol. The van der Waals surface area contributed by atoms with E-state index in [0.29, 0.717) is 0 Å². The fraction of sp³-hybridized carbons (Fsp3) is 0.571. The van der Waals surface area contributed by atoms with Crippen molar-refractivity contribution in [2.45, 2.75) is 20.3 Å². The van der Waals surface area contributed by atoms with Crippen molar-refractivity contribution < 1.29 is 0 Å². The zero-order valence-electron chi connectivity index (χ0n) is 10.7. The Morgan fingerprint density at radius 3 is 2.59 bits per heavy atom. The molecule has 0 radical (unpaired) electrons. The van der Waals surface area contributed by atoms with Crippen LogP contribution >= 0.6 is 11.6 Å². The lowest BCUT2D eigenvalue weighted by atomic mass is 10.0. The molecule has 0 saturated carbocycles. The Morgan fingerprint density at radius 2 is 1.88 bits per heavy atom. The van der Waals surface area contributed by atoms with Crippen LogP contribution < -0.4 is 5.32 Å². The highest BCUT2D eigenvalue weighted by molar-refractivity contribution is 6.31. The molecule has 1 aromatic rings. The Morgan fingerprint density at radius 1 is 1.18 bits per heavy atom. The van der Waals surface area contributed by atoms with E-state index in [1.54, 1.807) is 0 Å². The second-order valence-corrected chi connectivity index (χ2v) is 5.28. The molecule has 0 aliphatic carbocycles. The van der Waals surface area contributed by atoms with Crippen molar-refractivity contribution in [2.75, 3.05) is 32.7 Å². The first kappa shape index (κ1) is 12.9. The van der Waals surface area contributed by atoms with Crippen LogP contribution in [0.25, 0.3) is 0 Å². The number of rotatable bonds is 3. The zero-order valence-corrected chi connectivity index (χ0v) is 11.5. The van der Waals surface area contributed by atoms with E-state index < -0.39 is 0 Å². The van der Waals surface area contributed by atoms with Gasteiger partial charge in [0, 0.05) is 37.7 Å². The minimum absolute atomic E-state index is 0.894. The lowest BCUT2D eigenvalue weighted by Gasteiger charge is -2.27. The first-order valence-electron chi connectivity index (χ1n) is 6.35. The van der Waals surface area contributed by atoms with E-state index in [1.165, 1.54) is 29.8 Å². The molecule has 1 saturated heterocycles. The van der Waals surface area contributed by atoms with Crippen LogP contribution in [0, 0.1) is 13.8 Å². The molecule has 1 aliphatic rings. The lowest BCUT2D eigenvalue weighted by molar-refractivity contribution is 0.244. The van der Waals surface area contributed by atoms with Crippen molar-refractivity contribution >= 4 is 11.6 Å². The number of hydrogen-bond donors (Lipinski definition) is 1. The normalized spacial score (nSPS) is 17.4. The third kappa shape index (κ3) is 3.44. The molecule has 0 bridgehead atoms. The summed E-state index contributed by atoms with van der Waals surface area (Å²) < 4.78 is 0. The molecular formula is C14H21ClN2. The van der Waals surface area contributed by atoms with E-state index >= 15 is 0 Å². The van der Waals surface area contributed by atoms with Crippen LogP contribution in [-0.2, 0) is 6.42 Å². The predicted molar refractivity (Wildman–Crippen MR) is 73.9 cm³/mol. The molecule has 0 spiro atoms. The van der Waals surface area contributed by atoms with Crippen LogP contribution in [0.2, 0.25) is 5.02 Å². The van der Waals surface area contributed by atoms with Crippen molar-refractivity contribution in [2.24, 2.45) is 0 Å². The fourth-order valence-corrected chi connectivity index (χ4v) is 2.54. The highest BCUT2D eigenvalue weighted by atomic mass is 35.5. The third-order valence-corrected chi connectivity index (χ3v) is 3.93. The lowest BCUT2D eigenvalue weighted by Crippen LogP contribution is -2.44. The van der Waals surface area contributed by atoms with E-state index in [4.69, 9.17) is 11.6 Å². The molecule has 2 rings (SSSR count). The van der Waals surface area contributed by atoms with Crippen molar-refractivity contribution in [3.63, 3.8) is 0 Å². The molecule has 3 heteroatoms. The Labute approximate surface area is 109 Å². The summed E-state index contributed by atoms with van der Waals surface area (Å²) >= 11 is 6.18. The maximum absolute atomic E-state index is 6.18. The van der Waals surface area contributed by atoms with Gasteiger partial charge in [-0.2, -0.15) is 0 Å². The first-order chi connectivity index (χ1) is 8.16. The molecule has 0 atom stereocenters. The molecule has 0 amide bonds. The quantitative estimate of drug-likeness (QED) is 0.889. The number of halogens is 1. The van der Waals surface area contributed by atoms with Gasteiger partial charge >= 0.3 is 0 Å². The van der Waals surface area contributed by atoms with E-state index in [0.717, 1.165) is 31.1 Å². The van der Waals surface area contributed by atoms with E-state index in [2.05, 4.69) is 36.2 Å². The van der Waals surface area contributed by atoms with Gasteiger partial charge in [0.25, 0.3) is 0 Å². The van der Waals surface area contributed by atoms with E-state index in [-0.39, 0.29) is 0 Å². The first-order valence-corrected chi connectivity index (χ1v) is 6.73. The van der Waals surface area contributed by atoms with Gasteiger partial charge in [-0.15, -0.1) is 0 Å². The SMILES string of the molecule is Cc1cc(C)c(CCN2CCNCC2)cc1Cl. The minimum Gasteiger partial charge on any atom is -0.314 e. The maximum Gasteiger partial charge on any atom is 0.0438 e. The smallest absolute Gasteiger partial charge is 0.0438 e. The van der Waals surface area contributed by atoms with Gasteiger partial charge in [-0.25, -0.2) is 0 Å². The second-order valence-electron chi connectivity index (χ2n) is 4.87. The zero-order chi connectivity index (χ0) is 12.3. The van der Waals surface area contributed by atoms with Crippen molar-refractivity contribution in [3.8, 4) is 0 Å². The highest BCUT2D eigenvalue weighted by Gasteiger charge is 2.10. The largest absolute Gasteiger partial charge is 0.314 e. The number of benzene rings is 1. The van der Waals surface area contributed by atoms with Crippen LogP contribution in [0.3, 0.4) is 0 Å². The van der Waals surface area contributed by atoms with Crippen molar-refractivity contribution in [1.82, 2.24) is 10.2 Å². The summed E-state index contributed by atoms with van der Waals surface area (Å²) in [6.07, 6.45) is 1.10. The second kappa shape index (κ2) is 5.85. The minimum atomic E-state index is 0.894. The van der Waals surface area contributed by atoms with Gasteiger partial charge in [-0.3, -0.25) is 0 Å². The summed E-state index contributed by atoms with van der Waals surface area (Å²) in [7, 11) is 0. The van der Waals surface area contributed by atoms with Gasteiger partial charge in [0.2, 0.25) is 0 Å². The van der Waals surface area contributed by atoms with Crippen molar-refractivity contribution in [3.05, 3.63) is 33.8 Å². The maximum atomic E-state index is 6.18. The number of nitrogens with one attached hydrogen (secondary N) is 1. The van der Waals surface area contributed by atoms with Crippen LogP contribution in [0.15, 0.2) is 12.1 Å². The van der Waals surface area contributed by atoms with Gasteiger partial charge in [0.05, 0.1) is 0 Å². The molecular weight excluding hydrogens is 232 g/mol. The molecule has 1 aromatic carbocycles. The van der Waals surface area contributed by atoms with Crippen LogP contribution in [0.5, 0.6) is 0 Å². The molecule has 17 heavy (non-hydrogen) atoms. The Hall–Kier alpha value is -0.570. The third-order valence-electron chi connectivity index (χ3n) is 3.52. The van der Waals surface area contributed by atoms with E-state index in [1.807, 2.05) is 0 Å². The van der Waals surface area contributed by atoms with E-state index in [9.17, 15) is 0 Å². The summed E-state index contributed by atoms with van der Waals surface area (Å²) in [6, 6.07) is 4.32. The number of piperazine rings is 1. The average molecular weight is 253 g/mol. The van der Waals surface area contributed by atoms with Gasteiger partial charge in [0.15, 0.2) is 0 Å². The number of nitrogens with zero attached hydrogens (tertiary/aromatic N) is 1. The summed E-state index contributed by atoms with van der Waals surface area (Å²) in [5.74, 6) is 0. The molecule has 94 valence electrons. The van der Waals surface area contributed by atoms with Crippen molar-refractivity contribution in [1.29, 1.82) is 0 Å². The topological polar surface area (TPSA) is 15.3 Å². The molecule has 1 aliphatic heterocycles. The number of hydrogen-bond acceptors (Lipinski definition) is 2. The Bertz CT molecular complexity index is 384. The molecule has 1 N–H and O–H groups in total. The molecule has 1 fully saturated rings. The summed E-state index contributed by atoms with van der Waals surface area (Å²) in [5.41, 5.74) is 3.93. The van der Waals surface area contributed by atoms with Gasteiger partial charge in [0.1, 0.15) is 0 Å². The van der Waals surface area contributed by atoms with Gasteiger partial charge < -0.3 is 10.2 Å². The molecule has 0 aromatic heterocycles. The summed E-state index contributed by atoms with van der Waals surface area (Å²) in [4.78, 5) is 2.52.